The number of benzene rings is 4. The summed E-state index contributed by atoms with van der Waals surface area (Å²) in [4.78, 5) is 0. The van der Waals surface area contributed by atoms with Gasteiger partial charge in [0.1, 0.15) is 0 Å². The van der Waals surface area contributed by atoms with Crippen LogP contribution in [0.15, 0.2) is 121 Å². The van der Waals surface area contributed by atoms with Crippen LogP contribution in [0.25, 0.3) is 11.1 Å². The summed E-state index contributed by atoms with van der Waals surface area (Å²) in [5, 5.41) is 0. The number of allylic oxidation sites excluding steroid dienone is 2. The Morgan fingerprint density at radius 1 is 0.393 bits per heavy atom. The zero-order chi connectivity index (χ0) is 18.8. The summed E-state index contributed by atoms with van der Waals surface area (Å²) in [6.45, 7) is 0. The van der Waals surface area contributed by atoms with E-state index in [2.05, 4.69) is 121 Å². The summed E-state index contributed by atoms with van der Waals surface area (Å²) < 4.78 is 0. The first-order chi connectivity index (χ1) is 13.9. The Bertz CT molecular complexity index is 987. The van der Waals surface area contributed by atoms with Crippen molar-refractivity contribution in [2.24, 2.45) is 0 Å². The topological polar surface area (TPSA) is 0 Å². The largest absolute Gasteiger partial charge is 0.0622 e. The third kappa shape index (κ3) is 2.88. The van der Waals surface area contributed by atoms with Crippen LogP contribution in [0.3, 0.4) is 0 Å². The Morgan fingerprint density at radius 2 is 0.821 bits per heavy atom. The van der Waals surface area contributed by atoms with Crippen molar-refractivity contribution in [3.05, 3.63) is 149 Å². The molecule has 0 aromatic heterocycles. The van der Waals surface area contributed by atoms with Gasteiger partial charge in [0, 0.05) is 11.8 Å². The SMILES string of the molecule is c1ccc([C]2C(c3ccccc3)=C(c3ccccc3)C2c2ccccc2)cc1. The molecule has 1 radical (unpaired) electrons. The fraction of sp³-hybridized carbons (Fsp3) is 0.0357. The molecule has 0 amide bonds. The predicted octanol–water partition coefficient (Wildman–Crippen LogP) is 7.02. The van der Waals surface area contributed by atoms with Crippen LogP contribution in [0, 0.1) is 5.92 Å². The summed E-state index contributed by atoms with van der Waals surface area (Å²) in [6.07, 6.45) is 0. The number of rotatable bonds is 4. The van der Waals surface area contributed by atoms with Crippen LogP contribution in [-0.4, -0.2) is 0 Å². The highest BCUT2D eigenvalue weighted by atomic mass is 14.4. The lowest BCUT2D eigenvalue weighted by Crippen LogP contribution is -2.26. The fourth-order valence-electron chi connectivity index (χ4n) is 4.25. The van der Waals surface area contributed by atoms with E-state index in [4.69, 9.17) is 0 Å². The molecule has 28 heavy (non-hydrogen) atoms. The highest BCUT2D eigenvalue weighted by Gasteiger charge is 2.43. The highest BCUT2D eigenvalue weighted by molar-refractivity contribution is 6.11. The van der Waals surface area contributed by atoms with E-state index >= 15 is 0 Å². The van der Waals surface area contributed by atoms with Crippen LogP contribution in [-0.2, 0) is 0 Å². The second-order valence-corrected chi connectivity index (χ2v) is 7.14. The average molecular weight is 357 g/mol. The van der Waals surface area contributed by atoms with Gasteiger partial charge in [-0.15, -0.1) is 0 Å². The molecule has 133 valence electrons. The van der Waals surface area contributed by atoms with Gasteiger partial charge in [-0.1, -0.05) is 121 Å². The highest BCUT2D eigenvalue weighted by Crippen LogP contribution is 2.60. The molecule has 1 aliphatic rings. The van der Waals surface area contributed by atoms with Gasteiger partial charge in [-0.25, -0.2) is 0 Å². The fourth-order valence-corrected chi connectivity index (χ4v) is 4.25. The van der Waals surface area contributed by atoms with Gasteiger partial charge in [-0.2, -0.15) is 0 Å². The van der Waals surface area contributed by atoms with Gasteiger partial charge in [0.2, 0.25) is 0 Å². The molecular weight excluding hydrogens is 336 g/mol. The molecule has 0 N–H and O–H groups in total. The average Bonchev–Trinajstić information content (AvgIpc) is 2.76. The van der Waals surface area contributed by atoms with E-state index in [1.165, 1.54) is 39.3 Å². The third-order valence-corrected chi connectivity index (χ3v) is 5.48. The molecule has 0 saturated carbocycles. The van der Waals surface area contributed by atoms with Crippen molar-refractivity contribution in [1.82, 2.24) is 0 Å². The van der Waals surface area contributed by atoms with Crippen molar-refractivity contribution >= 4 is 11.1 Å². The number of hydrogen-bond acceptors (Lipinski definition) is 0. The number of hydrogen-bond donors (Lipinski definition) is 0. The minimum absolute atomic E-state index is 0.279. The van der Waals surface area contributed by atoms with Gasteiger partial charge in [0.15, 0.2) is 0 Å². The van der Waals surface area contributed by atoms with Gasteiger partial charge in [-0.05, 0) is 33.4 Å². The van der Waals surface area contributed by atoms with E-state index in [0.717, 1.165) is 0 Å². The molecule has 0 nitrogen and oxygen atoms in total. The van der Waals surface area contributed by atoms with E-state index in [1.54, 1.807) is 0 Å². The molecule has 0 heteroatoms. The molecule has 0 heterocycles. The van der Waals surface area contributed by atoms with Crippen molar-refractivity contribution in [3.8, 4) is 0 Å². The quantitative estimate of drug-likeness (QED) is 0.368. The summed E-state index contributed by atoms with van der Waals surface area (Å²) in [5.74, 6) is 1.69. The molecule has 0 spiro atoms. The standard InChI is InChI=1S/C28H21/c1-5-13-21(14-6-1)25-26(22-15-7-2-8-16-22)28(24-19-11-4-12-20-24)27(25)23-17-9-3-10-18-23/h1-20,25H. The summed E-state index contributed by atoms with van der Waals surface area (Å²) >= 11 is 0. The summed E-state index contributed by atoms with van der Waals surface area (Å²) in [7, 11) is 0. The Morgan fingerprint density at radius 3 is 1.36 bits per heavy atom. The predicted molar refractivity (Wildman–Crippen MR) is 118 cm³/mol. The lowest BCUT2D eigenvalue weighted by atomic mass is 9.59. The maximum atomic E-state index is 2.25. The molecule has 0 bridgehead atoms. The Balaban J connectivity index is 1.77. The smallest absolute Gasteiger partial charge is 0.0467 e. The second-order valence-electron chi connectivity index (χ2n) is 7.14. The first-order valence-electron chi connectivity index (χ1n) is 9.76. The first kappa shape index (κ1) is 16.8. The maximum absolute atomic E-state index is 2.25. The van der Waals surface area contributed by atoms with Gasteiger partial charge >= 0.3 is 0 Å². The van der Waals surface area contributed by atoms with Gasteiger partial charge in [0.25, 0.3) is 0 Å². The van der Waals surface area contributed by atoms with Crippen LogP contribution >= 0.6 is 0 Å². The van der Waals surface area contributed by atoms with Crippen LogP contribution in [0.4, 0.5) is 0 Å². The van der Waals surface area contributed by atoms with Crippen molar-refractivity contribution in [2.45, 2.75) is 5.92 Å². The second kappa shape index (κ2) is 7.32. The van der Waals surface area contributed by atoms with Crippen LogP contribution in [0.1, 0.15) is 28.2 Å². The molecule has 0 saturated heterocycles. The van der Waals surface area contributed by atoms with Crippen molar-refractivity contribution in [3.63, 3.8) is 0 Å². The minimum Gasteiger partial charge on any atom is -0.0622 e. The van der Waals surface area contributed by atoms with E-state index in [9.17, 15) is 0 Å². The molecule has 0 fully saturated rings. The van der Waals surface area contributed by atoms with E-state index in [0.29, 0.717) is 0 Å². The van der Waals surface area contributed by atoms with Crippen molar-refractivity contribution in [1.29, 1.82) is 0 Å². The maximum Gasteiger partial charge on any atom is 0.0467 e. The monoisotopic (exact) mass is 357 g/mol. The Hall–Kier alpha value is -3.38. The van der Waals surface area contributed by atoms with Gasteiger partial charge in [0.05, 0.1) is 0 Å². The molecule has 1 aliphatic carbocycles. The van der Waals surface area contributed by atoms with Crippen molar-refractivity contribution < 1.29 is 0 Å². The molecular formula is C28H21. The minimum atomic E-state index is 0.279. The van der Waals surface area contributed by atoms with Gasteiger partial charge < -0.3 is 0 Å². The third-order valence-electron chi connectivity index (χ3n) is 5.48. The Kier molecular flexibility index (Phi) is 4.39. The zero-order valence-corrected chi connectivity index (χ0v) is 15.6. The van der Waals surface area contributed by atoms with E-state index in [1.807, 2.05) is 0 Å². The molecule has 0 aliphatic heterocycles. The van der Waals surface area contributed by atoms with Crippen molar-refractivity contribution in [2.75, 3.05) is 0 Å². The molecule has 5 rings (SSSR count). The molecule has 4 aromatic rings. The Labute approximate surface area is 166 Å². The van der Waals surface area contributed by atoms with E-state index < -0.39 is 0 Å². The summed E-state index contributed by atoms with van der Waals surface area (Å²) in [6, 6.07) is 43.3. The zero-order valence-electron chi connectivity index (χ0n) is 15.6. The normalized spacial score (nSPS) is 16.6. The van der Waals surface area contributed by atoms with Crippen LogP contribution < -0.4 is 0 Å². The summed E-state index contributed by atoms with van der Waals surface area (Å²) in [5.41, 5.74) is 8.01. The molecule has 1 atom stereocenters. The first-order valence-corrected chi connectivity index (χ1v) is 9.76. The van der Waals surface area contributed by atoms with E-state index in [-0.39, 0.29) is 5.92 Å². The molecule has 4 aromatic carbocycles. The molecule has 1 unspecified atom stereocenters. The van der Waals surface area contributed by atoms with Gasteiger partial charge in [-0.3, -0.25) is 0 Å². The lowest BCUT2D eigenvalue weighted by molar-refractivity contribution is 0.902. The lowest BCUT2D eigenvalue weighted by Gasteiger charge is -2.43. The van der Waals surface area contributed by atoms with Crippen LogP contribution in [0.5, 0.6) is 0 Å². The van der Waals surface area contributed by atoms with Crippen LogP contribution in [0.2, 0.25) is 0 Å².